The minimum absolute atomic E-state index is 0.0831. The number of anilines is 2. The lowest BCUT2D eigenvalue weighted by Crippen LogP contribution is -2.35. The lowest BCUT2D eigenvalue weighted by Gasteiger charge is -2.11. The van der Waals surface area contributed by atoms with Gasteiger partial charge in [-0.25, -0.2) is 10.8 Å². The van der Waals surface area contributed by atoms with Gasteiger partial charge in [-0.15, -0.1) is 0 Å². The molecular weight excluding hydrogens is 220 g/mol. The Hall–Kier alpha value is -1.89. The first-order valence-corrected chi connectivity index (χ1v) is 5.36. The number of aromatic nitrogens is 2. The van der Waals surface area contributed by atoms with Crippen molar-refractivity contribution in [2.75, 3.05) is 17.3 Å². The van der Waals surface area contributed by atoms with Gasteiger partial charge in [0.2, 0.25) is 11.9 Å². The molecule has 7 heteroatoms. The normalized spacial score (nSPS) is 10.2. The molecule has 1 amide bonds. The maximum atomic E-state index is 11.4. The maximum absolute atomic E-state index is 11.4. The summed E-state index contributed by atoms with van der Waals surface area (Å²) in [6.07, 6.45) is 1.63. The highest BCUT2D eigenvalue weighted by atomic mass is 16.1. The first-order chi connectivity index (χ1) is 8.02. The number of nitrogen functional groups attached to an aromatic ring is 1. The zero-order valence-corrected chi connectivity index (χ0v) is 10.2. The van der Waals surface area contributed by atoms with Gasteiger partial charge in [0.05, 0.1) is 6.54 Å². The molecule has 0 aliphatic carbocycles. The number of nitrogens with one attached hydrogen (secondary N) is 3. The number of nitrogens with two attached hydrogens (primary N) is 1. The fourth-order valence-corrected chi connectivity index (χ4v) is 1.23. The molecule has 0 unspecified atom stereocenters. The Morgan fingerprint density at radius 2 is 2.24 bits per heavy atom. The molecule has 0 atom stereocenters. The zero-order valence-electron chi connectivity index (χ0n) is 10.2. The van der Waals surface area contributed by atoms with Crippen molar-refractivity contribution in [2.24, 2.45) is 5.84 Å². The van der Waals surface area contributed by atoms with E-state index in [1.54, 1.807) is 6.20 Å². The summed E-state index contributed by atoms with van der Waals surface area (Å²) in [5.74, 6) is 6.02. The van der Waals surface area contributed by atoms with E-state index >= 15 is 0 Å². The third-order valence-corrected chi connectivity index (χ3v) is 1.97. The second-order valence-corrected chi connectivity index (χ2v) is 3.95. The van der Waals surface area contributed by atoms with E-state index in [0.29, 0.717) is 11.8 Å². The van der Waals surface area contributed by atoms with Crippen LogP contribution in [-0.2, 0) is 4.79 Å². The van der Waals surface area contributed by atoms with E-state index in [-0.39, 0.29) is 18.5 Å². The monoisotopic (exact) mass is 238 g/mol. The summed E-state index contributed by atoms with van der Waals surface area (Å²) in [6, 6.07) is 0.122. The van der Waals surface area contributed by atoms with Gasteiger partial charge in [0.25, 0.3) is 0 Å². The van der Waals surface area contributed by atoms with Crippen LogP contribution in [0.5, 0.6) is 0 Å². The molecule has 0 saturated heterocycles. The summed E-state index contributed by atoms with van der Waals surface area (Å²) in [6.45, 7) is 5.83. The van der Waals surface area contributed by atoms with Crippen LogP contribution in [0.1, 0.15) is 19.4 Å². The van der Waals surface area contributed by atoms with E-state index in [0.717, 1.165) is 5.56 Å². The summed E-state index contributed by atoms with van der Waals surface area (Å²) >= 11 is 0. The van der Waals surface area contributed by atoms with Crippen molar-refractivity contribution in [1.82, 2.24) is 15.3 Å². The van der Waals surface area contributed by atoms with Crippen LogP contribution >= 0.6 is 0 Å². The standard InChI is InChI=1S/C10H18N6O/c1-6(2)14-8(17)5-12-9-7(3)4-13-10(15-9)16-11/h4,6H,5,11H2,1-3H3,(H,14,17)(H2,12,13,15,16). The van der Waals surface area contributed by atoms with Crippen LogP contribution in [0.4, 0.5) is 11.8 Å². The number of amides is 1. The zero-order chi connectivity index (χ0) is 12.8. The van der Waals surface area contributed by atoms with Gasteiger partial charge in [-0.1, -0.05) is 0 Å². The van der Waals surface area contributed by atoms with Crippen molar-refractivity contribution in [3.8, 4) is 0 Å². The fraction of sp³-hybridized carbons (Fsp3) is 0.500. The Kier molecular flexibility index (Phi) is 4.65. The molecule has 0 spiro atoms. The number of hydrogen-bond acceptors (Lipinski definition) is 6. The summed E-state index contributed by atoms with van der Waals surface area (Å²) in [7, 11) is 0. The summed E-state index contributed by atoms with van der Waals surface area (Å²) in [4.78, 5) is 19.5. The Balaban J connectivity index is 2.59. The lowest BCUT2D eigenvalue weighted by atomic mass is 10.3. The van der Waals surface area contributed by atoms with Crippen LogP contribution in [0, 0.1) is 6.92 Å². The number of hydrogen-bond donors (Lipinski definition) is 4. The van der Waals surface area contributed by atoms with Crippen LogP contribution in [0.3, 0.4) is 0 Å². The molecule has 0 radical (unpaired) electrons. The first-order valence-electron chi connectivity index (χ1n) is 5.36. The summed E-state index contributed by atoms with van der Waals surface area (Å²) in [5.41, 5.74) is 3.20. The lowest BCUT2D eigenvalue weighted by molar-refractivity contribution is -0.119. The van der Waals surface area contributed by atoms with E-state index in [9.17, 15) is 4.79 Å². The minimum atomic E-state index is -0.0831. The predicted molar refractivity (Wildman–Crippen MR) is 66.3 cm³/mol. The van der Waals surface area contributed by atoms with Gasteiger partial charge in [0.15, 0.2) is 0 Å². The molecule has 1 aromatic rings. The van der Waals surface area contributed by atoms with Crippen LogP contribution in [0.25, 0.3) is 0 Å². The predicted octanol–water partition coefficient (Wildman–Crippen LogP) is 0.00712. The van der Waals surface area contributed by atoms with Gasteiger partial charge >= 0.3 is 0 Å². The van der Waals surface area contributed by atoms with Crippen LogP contribution in [0.15, 0.2) is 6.20 Å². The second-order valence-electron chi connectivity index (χ2n) is 3.95. The minimum Gasteiger partial charge on any atom is -0.361 e. The molecule has 17 heavy (non-hydrogen) atoms. The Labute approximate surface area is 100 Å². The van der Waals surface area contributed by atoms with Crippen LogP contribution < -0.4 is 21.9 Å². The smallest absolute Gasteiger partial charge is 0.239 e. The van der Waals surface area contributed by atoms with Gasteiger partial charge in [-0.3, -0.25) is 10.2 Å². The third-order valence-electron chi connectivity index (χ3n) is 1.97. The SMILES string of the molecule is Cc1cnc(NN)nc1NCC(=O)NC(C)C. The van der Waals surface area contributed by atoms with Crippen molar-refractivity contribution >= 4 is 17.7 Å². The van der Waals surface area contributed by atoms with Gasteiger partial charge in [-0.2, -0.15) is 4.98 Å². The van der Waals surface area contributed by atoms with Gasteiger partial charge < -0.3 is 10.6 Å². The molecule has 0 bridgehead atoms. The molecular formula is C10H18N6O. The van der Waals surface area contributed by atoms with E-state index in [1.807, 2.05) is 20.8 Å². The van der Waals surface area contributed by atoms with Crippen molar-refractivity contribution in [1.29, 1.82) is 0 Å². The van der Waals surface area contributed by atoms with Crippen molar-refractivity contribution in [2.45, 2.75) is 26.8 Å². The highest BCUT2D eigenvalue weighted by Gasteiger charge is 2.06. The van der Waals surface area contributed by atoms with Gasteiger partial charge in [-0.05, 0) is 20.8 Å². The molecule has 0 saturated carbocycles. The molecule has 1 aromatic heterocycles. The molecule has 0 aliphatic rings. The van der Waals surface area contributed by atoms with Crippen molar-refractivity contribution in [3.05, 3.63) is 11.8 Å². The average Bonchev–Trinajstić information content (AvgIpc) is 2.27. The summed E-state index contributed by atoms with van der Waals surface area (Å²) < 4.78 is 0. The first kappa shape index (κ1) is 13.2. The number of carbonyl (C=O) groups excluding carboxylic acids is 1. The van der Waals surface area contributed by atoms with Crippen molar-refractivity contribution < 1.29 is 4.79 Å². The Morgan fingerprint density at radius 3 is 2.82 bits per heavy atom. The average molecular weight is 238 g/mol. The van der Waals surface area contributed by atoms with Gasteiger partial charge in [0, 0.05) is 17.8 Å². The maximum Gasteiger partial charge on any atom is 0.239 e. The number of carbonyl (C=O) groups is 1. The second kappa shape index (κ2) is 6.00. The summed E-state index contributed by atoms with van der Waals surface area (Å²) in [5, 5.41) is 5.71. The van der Waals surface area contributed by atoms with Crippen LogP contribution in [0.2, 0.25) is 0 Å². The van der Waals surface area contributed by atoms with Crippen LogP contribution in [-0.4, -0.2) is 28.5 Å². The van der Waals surface area contributed by atoms with E-state index < -0.39 is 0 Å². The molecule has 1 heterocycles. The number of hydrazine groups is 1. The quantitative estimate of drug-likeness (QED) is 0.425. The number of rotatable bonds is 5. The van der Waals surface area contributed by atoms with E-state index in [4.69, 9.17) is 5.84 Å². The molecule has 0 fully saturated rings. The highest BCUT2D eigenvalue weighted by Crippen LogP contribution is 2.11. The van der Waals surface area contributed by atoms with E-state index in [2.05, 4.69) is 26.0 Å². The van der Waals surface area contributed by atoms with E-state index in [1.165, 1.54) is 0 Å². The largest absolute Gasteiger partial charge is 0.361 e. The molecule has 0 aromatic carbocycles. The molecule has 94 valence electrons. The third kappa shape index (κ3) is 4.23. The number of aryl methyl sites for hydroxylation is 1. The van der Waals surface area contributed by atoms with Crippen molar-refractivity contribution in [3.63, 3.8) is 0 Å². The number of nitrogens with zero attached hydrogens (tertiary/aromatic N) is 2. The molecule has 5 N–H and O–H groups in total. The molecule has 0 aliphatic heterocycles. The Morgan fingerprint density at radius 1 is 1.53 bits per heavy atom. The van der Waals surface area contributed by atoms with Gasteiger partial charge in [0.1, 0.15) is 5.82 Å². The topological polar surface area (TPSA) is 105 Å². The molecule has 7 nitrogen and oxygen atoms in total. The Bertz CT molecular complexity index is 392. The molecule has 1 rings (SSSR count). The fourth-order valence-electron chi connectivity index (χ4n) is 1.23. The highest BCUT2D eigenvalue weighted by molar-refractivity contribution is 5.80.